The van der Waals surface area contributed by atoms with Crippen LogP contribution in [0.15, 0.2) is 71.3 Å². The number of nitrogens with one attached hydrogen (secondary N) is 1. The van der Waals surface area contributed by atoms with E-state index in [4.69, 9.17) is 4.52 Å². The Hall–Kier alpha value is -3.41. The van der Waals surface area contributed by atoms with Crippen LogP contribution in [-0.4, -0.2) is 35.0 Å². The van der Waals surface area contributed by atoms with Gasteiger partial charge in [0.25, 0.3) is 0 Å². The summed E-state index contributed by atoms with van der Waals surface area (Å²) in [7, 11) is 0. The van der Waals surface area contributed by atoms with E-state index in [0.717, 1.165) is 30.4 Å². The van der Waals surface area contributed by atoms with Gasteiger partial charge in [-0.3, -0.25) is 9.59 Å². The molecule has 1 aromatic heterocycles. The third-order valence-corrected chi connectivity index (χ3v) is 5.09. The van der Waals surface area contributed by atoms with Crippen LogP contribution < -0.4 is 5.32 Å². The fourth-order valence-electron chi connectivity index (χ4n) is 3.55. The molecule has 6 heteroatoms. The molecule has 3 rings (SSSR count). The molecule has 0 unspecified atom stereocenters. The van der Waals surface area contributed by atoms with E-state index in [1.165, 1.54) is 0 Å². The number of anilines is 1. The third kappa shape index (κ3) is 6.28. The van der Waals surface area contributed by atoms with E-state index in [-0.39, 0.29) is 18.4 Å². The lowest BCUT2D eigenvalue weighted by Crippen LogP contribution is -2.41. The van der Waals surface area contributed by atoms with Gasteiger partial charge in [-0.05, 0) is 24.5 Å². The van der Waals surface area contributed by atoms with Crippen molar-refractivity contribution in [2.75, 3.05) is 18.4 Å². The molecule has 31 heavy (non-hydrogen) atoms. The van der Waals surface area contributed by atoms with Gasteiger partial charge in [-0.15, -0.1) is 0 Å². The van der Waals surface area contributed by atoms with Crippen LogP contribution in [0.2, 0.25) is 0 Å². The van der Waals surface area contributed by atoms with Crippen LogP contribution in [0.25, 0.3) is 0 Å². The van der Waals surface area contributed by atoms with Crippen molar-refractivity contribution in [3.05, 3.63) is 83.6 Å². The lowest BCUT2D eigenvalue weighted by molar-refractivity contribution is -0.135. The van der Waals surface area contributed by atoms with Crippen molar-refractivity contribution < 1.29 is 14.1 Å². The lowest BCUT2D eigenvalue weighted by Gasteiger charge is -2.27. The molecule has 0 radical (unpaired) electrons. The van der Waals surface area contributed by atoms with Gasteiger partial charge in [0.15, 0.2) is 5.82 Å². The van der Waals surface area contributed by atoms with Gasteiger partial charge in [0.2, 0.25) is 11.8 Å². The van der Waals surface area contributed by atoms with Crippen molar-refractivity contribution in [2.24, 2.45) is 0 Å². The van der Waals surface area contributed by atoms with Crippen LogP contribution in [-0.2, 0) is 9.59 Å². The van der Waals surface area contributed by atoms with Crippen LogP contribution >= 0.6 is 0 Å². The van der Waals surface area contributed by atoms with Gasteiger partial charge in [-0.25, -0.2) is 0 Å². The Kier molecular flexibility index (Phi) is 7.98. The number of carbonyl (C=O) groups is 2. The summed E-state index contributed by atoms with van der Waals surface area (Å²) in [5.74, 6) is 0.120. The highest BCUT2D eigenvalue weighted by atomic mass is 16.5. The SMILES string of the molecule is CCCCCN(CC(=O)Nc1cc(C)on1)C(=O)C(c1ccccc1)c1ccccc1. The molecule has 0 atom stereocenters. The maximum absolute atomic E-state index is 13.7. The smallest absolute Gasteiger partial charge is 0.245 e. The Labute approximate surface area is 183 Å². The lowest BCUT2D eigenvalue weighted by atomic mass is 9.90. The molecule has 0 saturated carbocycles. The molecule has 0 aliphatic rings. The largest absolute Gasteiger partial charge is 0.360 e. The number of hydrogen-bond donors (Lipinski definition) is 1. The van der Waals surface area contributed by atoms with Crippen LogP contribution in [0.1, 0.15) is 49.0 Å². The van der Waals surface area contributed by atoms with E-state index >= 15 is 0 Å². The molecule has 0 aliphatic carbocycles. The summed E-state index contributed by atoms with van der Waals surface area (Å²) in [5, 5.41) is 6.52. The summed E-state index contributed by atoms with van der Waals surface area (Å²) >= 11 is 0. The van der Waals surface area contributed by atoms with E-state index < -0.39 is 5.92 Å². The monoisotopic (exact) mass is 419 g/mol. The van der Waals surface area contributed by atoms with Gasteiger partial charge in [-0.1, -0.05) is 85.6 Å². The molecule has 1 heterocycles. The Bertz CT molecular complexity index is 930. The van der Waals surface area contributed by atoms with Crippen LogP contribution in [0.4, 0.5) is 5.82 Å². The summed E-state index contributed by atoms with van der Waals surface area (Å²) in [6, 6.07) is 21.1. The first kappa shape index (κ1) is 22.3. The topological polar surface area (TPSA) is 75.4 Å². The first-order chi connectivity index (χ1) is 15.1. The highest BCUT2D eigenvalue weighted by molar-refractivity contribution is 5.95. The quantitative estimate of drug-likeness (QED) is 0.480. The Morgan fingerprint density at radius 3 is 2.13 bits per heavy atom. The minimum absolute atomic E-state index is 0.0371. The first-order valence-corrected chi connectivity index (χ1v) is 10.7. The number of benzene rings is 2. The molecule has 0 aliphatic heterocycles. The van der Waals surface area contributed by atoms with Crippen molar-refractivity contribution in [2.45, 2.75) is 39.0 Å². The molecule has 0 fully saturated rings. The summed E-state index contributed by atoms with van der Waals surface area (Å²) in [6.07, 6.45) is 2.87. The van der Waals surface area contributed by atoms with Gasteiger partial charge in [-0.2, -0.15) is 0 Å². The fourth-order valence-corrected chi connectivity index (χ4v) is 3.55. The van der Waals surface area contributed by atoms with Crippen molar-refractivity contribution >= 4 is 17.6 Å². The zero-order chi connectivity index (χ0) is 22.1. The number of carbonyl (C=O) groups excluding carboxylic acids is 2. The molecule has 3 aromatic rings. The summed E-state index contributed by atoms with van der Waals surface area (Å²) < 4.78 is 5.01. The Morgan fingerprint density at radius 2 is 1.61 bits per heavy atom. The number of unbranched alkanes of at least 4 members (excludes halogenated alkanes) is 2. The zero-order valence-corrected chi connectivity index (χ0v) is 18.1. The molecule has 0 bridgehead atoms. The third-order valence-electron chi connectivity index (χ3n) is 5.09. The molecule has 162 valence electrons. The van der Waals surface area contributed by atoms with Gasteiger partial charge in [0.05, 0.1) is 12.5 Å². The van der Waals surface area contributed by atoms with Gasteiger partial charge in [0, 0.05) is 12.6 Å². The van der Waals surface area contributed by atoms with Gasteiger partial charge >= 0.3 is 0 Å². The predicted molar refractivity (Wildman–Crippen MR) is 121 cm³/mol. The van der Waals surface area contributed by atoms with Crippen LogP contribution in [0.5, 0.6) is 0 Å². The maximum Gasteiger partial charge on any atom is 0.245 e. The zero-order valence-electron chi connectivity index (χ0n) is 18.1. The Balaban J connectivity index is 1.84. The van der Waals surface area contributed by atoms with E-state index in [9.17, 15) is 9.59 Å². The molecule has 2 aromatic carbocycles. The molecule has 6 nitrogen and oxygen atoms in total. The van der Waals surface area contributed by atoms with E-state index in [1.54, 1.807) is 17.9 Å². The predicted octanol–water partition coefficient (Wildman–Crippen LogP) is 4.77. The second-order valence-electron chi connectivity index (χ2n) is 7.59. The number of rotatable bonds is 10. The highest BCUT2D eigenvalue weighted by Crippen LogP contribution is 2.27. The average molecular weight is 420 g/mol. The number of aryl methyl sites for hydroxylation is 1. The first-order valence-electron chi connectivity index (χ1n) is 10.7. The number of amides is 2. The second-order valence-corrected chi connectivity index (χ2v) is 7.59. The summed E-state index contributed by atoms with van der Waals surface area (Å²) in [5.41, 5.74) is 1.82. The molecule has 0 spiro atoms. The highest BCUT2D eigenvalue weighted by Gasteiger charge is 2.28. The average Bonchev–Trinajstić information content (AvgIpc) is 3.19. The summed E-state index contributed by atoms with van der Waals surface area (Å²) in [6.45, 7) is 4.36. The fraction of sp³-hybridized carbons (Fsp3) is 0.320. The normalized spacial score (nSPS) is 10.8. The Morgan fingerprint density at radius 1 is 1.00 bits per heavy atom. The van der Waals surface area contributed by atoms with Crippen molar-refractivity contribution in [1.82, 2.24) is 10.1 Å². The second kappa shape index (κ2) is 11.1. The van der Waals surface area contributed by atoms with Crippen LogP contribution in [0, 0.1) is 6.92 Å². The van der Waals surface area contributed by atoms with E-state index in [1.807, 2.05) is 60.7 Å². The minimum atomic E-state index is -0.467. The number of hydrogen-bond acceptors (Lipinski definition) is 4. The van der Waals surface area contributed by atoms with Crippen LogP contribution in [0.3, 0.4) is 0 Å². The standard InChI is InChI=1S/C25H29N3O3/c1-3-4-11-16-28(18-23(29)26-22-17-19(2)31-27-22)25(30)24(20-12-7-5-8-13-20)21-14-9-6-10-15-21/h5-10,12-15,17,24H,3-4,11,16,18H2,1-2H3,(H,26,27,29). The van der Waals surface area contributed by atoms with Crippen molar-refractivity contribution in [1.29, 1.82) is 0 Å². The van der Waals surface area contributed by atoms with Gasteiger partial charge < -0.3 is 14.7 Å². The minimum Gasteiger partial charge on any atom is -0.360 e. The number of aromatic nitrogens is 1. The maximum atomic E-state index is 13.7. The summed E-state index contributed by atoms with van der Waals surface area (Å²) in [4.78, 5) is 28.1. The molecule has 0 saturated heterocycles. The van der Waals surface area contributed by atoms with Gasteiger partial charge in [0.1, 0.15) is 5.76 Å². The molecular formula is C25H29N3O3. The molecule has 2 amide bonds. The number of nitrogens with zero attached hydrogens (tertiary/aromatic N) is 2. The molecular weight excluding hydrogens is 390 g/mol. The van der Waals surface area contributed by atoms with E-state index in [0.29, 0.717) is 18.1 Å². The van der Waals surface area contributed by atoms with Crippen molar-refractivity contribution in [3.63, 3.8) is 0 Å². The van der Waals surface area contributed by atoms with Crippen molar-refractivity contribution in [3.8, 4) is 0 Å². The van der Waals surface area contributed by atoms with E-state index in [2.05, 4.69) is 17.4 Å². The molecule has 1 N–H and O–H groups in total.